The van der Waals surface area contributed by atoms with Gasteiger partial charge in [-0.2, -0.15) is 0 Å². The van der Waals surface area contributed by atoms with Gasteiger partial charge in [0.1, 0.15) is 0 Å². The summed E-state index contributed by atoms with van der Waals surface area (Å²) in [5, 5.41) is 9.27. The van der Waals surface area contributed by atoms with Crippen LogP contribution in [0.2, 0.25) is 0 Å². The minimum atomic E-state index is -0.109. The summed E-state index contributed by atoms with van der Waals surface area (Å²) in [7, 11) is 0. The third kappa shape index (κ3) is 1.88. The Morgan fingerprint density at radius 2 is 2.12 bits per heavy atom. The van der Waals surface area contributed by atoms with E-state index in [4.69, 9.17) is 5.73 Å². The molecule has 1 aromatic carbocycles. The number of benzene rings is 1. The van der Waals surface area contributed by atoms with Crippen LogP contribution >= 0.6 is 12.4 Å². The first-order chi connectivity index (χ1) is 7.74. The van der Waals surface area contributed by atoms with E-state index in [0.717, 1.165) is 25.7 Å². The van der Waals surface area contributed by atoms with E-state index < -0.39 is 0 Å². The maximum atomic E-state index is 9.27. The van der Waals surface area contributed by atoms with Crippen molar-refractivity contribution in [1.29, 1.82) is 0 Å². The van der Waals surface area contributed by atoms with Gasteiger partial charge < -0.3 is 10.8 Å². The minimum Gasteiger partial charge on any atom is -0.396 e. The van der Waals surface area contributed by atoms with Crippen molar-refractivity contribution in [2.45, 2.75) is 31.2 Å². The molecular formula is C14H20ClNO. The molecule has 17 heavy (non-hydrogen) atoms. The fourth-order valence-electron chi connectivity index (χ4n) is 3.58. The standard InChI is InChI=1S/C14H19NO.ClH/c15-14-6-5-10(9-16)7-12(14)8-11-3-1-2-4-13(11)14;/h1-4,10,12,16H,5-9,15H2;1H. The Morgan fingerprint density at radius 3 is 2.88 bits per heavy atom. The molecule has 0 radical (unpaired) electrons. The number of nitrogens with two attached hydrogens (primary N) is 1. The Hall–Kier alpha value is -0.570. The van der Waals surface area contributed by atoms with Crippen molar-refractivity contribution in [1.82, 2.24) is 0 Å². The average Bonchev–Trinajstić information content (AvgIpc) is 2.61. The number of hydrogen-bond donors (Lipinski definition) is 2. The Morgan fingerprint density at radius 1 is 1.35 bits per heavy atom. The van der Waals surface area contributed by atoms with Crippen LogP contribution in [-0.4, -0.2) is 11.7 Å². The van der Waals surface area contributed by atoms with Gasteiger partial charge in [-0.25, -0.2) is 0 Å². The molecule has 0 aliphatic heterocycles. The number of halogens is 1. The zero-order chi connectivity index (χ0) is 11.2. The van der Waals surface area contributed by atoms with Gasteiger partial charge in [0.05, 0.1) is 0 Å². The zero-order valence-electron chi connectivity index (χ0n) is 9.93. The second-order valence-corrected chi connectivity index (χ2v) is 5.42. The highest BCUT2D eigenvalue weighted by Gasteiger charge is 2.46. The van der Waals surface area contributed by atoms with Crippen LogP contribution in [0.4, 0.5) is 0 Å². The highest BCUT2D eigenvalue weighted by molar-refractivity contribution is 5.85. The third-order valence-electron chi connectivity index (χ3n) is 4.56. The molecule has 0 saturated heterocycles. The van der Waals surface area contributed by atoms with E-state index in [0.29, 0.717) is 18.4 Å². The topological polar surface area (TPSA) is 46.2 Å². The van der Waals surface area contributed by atoms with Crippen LogP contribution in [0.25, 0.3) is 0 Å². The van der Waals surface area contributed by atoms with E-state index in [1.54, 1.807) is 0 Å². The summed E-state index contributed by atoms with van der Waals surface area (Å²) in [6.07, 6.45) is 4.28. The maximum absolute atomic E-state index is 9.27. The van der Waals surface area contributed by atoms with Crippen LogP contribution in [0.5, 0.6) is 0 Å². The van der Waals surface area contributed by atoms with Gasteiger partial charge in [-0.3, -0.25) is 0 Å². The summed E-state index contributed by atoms with van der Waals surface area (Å²) >= 11 is 0. The van der Waals surface area contributed by atoms with Gasteiger partial charge in [0.15, 0.2) is 0 Å². The van der Waals surface area contributed by atoms with E-state index in [1.807, 2.05) is 0 Å². The lowest BCUT2D eigenvalue weighted by Crippen LogP contribution is -2.45. The first-order valence-electron chi connectivity index (χ1n) is 6.22. The van der Waals surface area contributed by atoms with Crippen LogP contribution in [-0.2, 0) is 12.0 Å². The van der Waals surface area contributed by atoms with Crippen molar-refractivity contribution < 1.29 is 5.11 Å². The maximum Gasteiger partial charge on any atom is 0.0459 e. The summed E-state index contributed by atoms with van der Waals surface area (Å²) in [6.45, 7) is 0.322. The average molecular weight is 254 g/mol. The molecule has 1 aromatic rings. The molecule has 3 N–H and O–H groups in total. The summed E-state index contributed by atoms with van der Waals surface area (Å²) in [4.78, 5) is 0. The van der Waals surface area contributed by atoms with Crippen molar-refractivity contribution in [3.05, 3.63) is 35.4 Å². The van der Waals surface area contributed by atoms with Crippen LogP contribution < -0.4 is 5.73 Å². The number of fused-ring (bicyclic) bond motifs is 3. The Kier molecular flexibility index (Phi) is 3.48. The van der Waals surface area contributed by atoms with Gasteiger partial charge in [-0.15, -0.1) is 12.4 Å². The van der Waals surface area contributed by atoms with Crippen molar-refractivity contribution in [3.8, 4) is 0 Å². The summed E-state index contributed by atoms with van der Waals surface area (Å²) in [5.41, 5.74) is 9.28. The molecule has 1 saturated carbocycles. The molecule has 1 fully saturated rings. The lowest BCUT2D eigenvalue weighted by atomic mass is 9.70. The lowest BCUT2D eigenvalue weighted by molar-refractivity contribution is 0.109. The predicted octanol–water partition coefficient (Wildman–Crippen LogP) is 2.23. The first kappa shape index (κ1) is 12.9. The van der Waals surface area contributed by atoms with Crippen molar-refractivity contribution in [2.24, 2.45) is 17.6 Å². The van der Waals surface area contributed by atoms with E-state index in [2.05, 4.69) is 24.3 Å². The molecule has 0 heterocycles. The van der Waals surface area contributed by atoms with Gasteiger partial charge in [0, 0.05) is 12.1 Å². The molecule has 2 aliphatic rings. The second-order valence-electron chi connectivity index (χ2n) is 5.42. The van der Waals surface area contributed by atoms with Crippen molar-refractivity contribution >= 4 is 12.4 Å². The van der Waals surface area contributed by atoms with Gasteiger partial charge in [0.2, 0.25) is 0 Å². The van der Waals surface area contributed by atoms with Crippen LogP contribution in [0.15, 0.2) is 24.3 Å². The molecule has 3 unspecified atom stereocenters. The van der Waals surface area contributed by atoms with Gasteiger partial charge in [0.25, 0.3) is 0 Å². The SMILES string of the molecule is Cl.NC12CCC(CO)CC1Cc1ccccc12. The smallest absolute Gasteiger partial charge is 0.0459 e. The molecule has 94 valence electrons. The summed E-state index contributed by atoms with van der Waals surface area (Å²) in [5.74, 6) is 1.01. The van der Waals surface area contributed by atoms with E-state index in [1.165, 1.54) is 11.1 Å². The largest absolute Gasteiger partial charge is 0.396 e. The Bertz CT molecular complexity index is 409. The summed E-state index contributed by atoms with van der Waals surface area (Å²) < 4.78 is 0. The summed E-state index contributed by atoms with van der Waals surface area (Å²) in [6, 6.07) is 8.59. The van der Waals surface area contributed by atoms with Crippen molar-refractivity contribution in [2.75, 3.05) is 6.61 Å². The Balaban J connectivity index is 0.00000108. The lowest BCUT2D eigenvalue weighted by Gasteiger charge is -2.40. The van der Waals surface area contributed by atoms with Gasteiger partial charge >= 0.3 is 0 Å². The molecule has 0 amide bonds. The van der Waals surface area contributed by atoms with E-state index >= 15 is 0 Å². The molecule has 3 rings (SSSR count). The van der Waals surface area contributed by atoms with Crippen LogP contribution in [0.3, 0.4) is 0 Å². The third-order valence-corrected chi connectivity index (χ3v) is 4.56. The van der Waals surface area contributed by atoms with Gasteiger partial charge in [-0.1, -0.05) is 24.3 Å². The van der Waals surface area contributed by atoms with Crippen LogP contribution in [0, 0.1) is 11.8 Å². The molecular weight excluding hydrogens is 234 g/mol. The zero-order valence-corrected chi connectivity index (χ0v) is 10.7. The Labute approximate surface area is 109 Å². The molecule has 0 bridgehead atoms. The van der Waals surface area contributed by atoms with E-state index in [-0.39, 0.29) is 17.9 Å². The fourth-order valence-corrected chi connectivity index (χ4v) is 3.58. The normalized spacial score (nSPS) is 34.7. The molecule has 3 heteroatoms. The number of aliphatic hydroxyl groups is 1. The van der Waals surface area contributed by atoms with Crippen LogP contribution in [0.1, 0.15) is 30.4 Å². The minimum absolute atomic E-state index is 0. The molecule has 0 spiro atoms. The highest BCUT2D eigenvalue weighted by atomic mass is 35.5. The quantitative estimate of drug-likeness (QED) is 0.806. The van der Waals surface area contributed by atoms with E-state index in [9.17, 15) is 5.11 Å². The number of aliphatic hydroxyl groups excluding tert-OH is 1. The number of rotatable bonds is 1. The molecule has 3 atom stereocenters. The first-order valence-corrected chi connectivity index (χ1v) is 6.22. The fraction of sp³-hybridized carbons (Fsp3) is 0.571. The molecule has 2 nitrogen and oxygen atoms in total. The molecule has 0 aromatic heterocycles. The van der Waals surface area contributed by atoms with Gasteiger partial charge in [-0.05, 0) is 48.6 Å². The second kappa shape index (κ2) is 4.60. The highest BCUT2D eigenvalue weighted by Crippen LogP contribution is 2.49. The monoisotopic (exact) mass is 253 g/mol. The van der Waals surface area contributed by atoms with Crippen molar-refractivity contribution in [3.63, 3.8) is 0 Å². The number of hydrogen-bond acceptors (Lipinski definition) is 2. The predicted molar refractivity (Wildman–Crippen MR) is 71.2 cm³/mol. The molecule has 2 aliphatic carbocycles.